The SMILES string of the molecule is COc1cc2ncnc(Cl)c2cc1OC1CCNCC1.Cl.Cl. The van der Waals surface area contributed by atoms with Crippen molar-refractivity contribution >= 4 is 47.3 Å². The first-order valence-corrected chi connectivity index (χ1v) is 7.01. The minimum Gasteiger partial charge on any atom is -0.493 e. The average Bonchev–Trinajstić information content (AvgIpc) is 2.48. The van der Waals surface area contributed by atoms with Crippen LogP contribution < -0.4 is 14.8 Å². The molecule has 0 amide bonds. The molecule has 1 N–H and O–H groups in total. The van der Waals surface area contributed by atoms with Gasteiger partial charge in [0, 0.05) is 11.5 Å². The summed E-state index contributed by atoms with van der Waals surface area (Å²) in [5.41, 5.74) is 0.750. The van der Waals surface area contributed by atoms with Crippen LogP contribution in [0.15, 0.2) is 18.5 Å². The maximum absolute atomic E-state index is 6.11. The molecule has 5 nitrogen and oxygen atoms in total. The number of benzene rings is 1. The van der Waals surface area contributed by atoms with Gasteiger partial charge in [-0.15, -0.1) is 24.8 Å². The molecule has 1 fully saturated rings. The quantitative estimate of drug-likeness (QED) is 0.845. The van der Waals surface area contributed by atoms with Crippen LogP contribution in [-0.2, 0) is 0 Å². The number of hydrogen-bond donors (Lipinski definition) is 1. The molecule has 1 aliphatic rings. The predicted octanol–water partition coefficient (Wildman–Crippen LogP) is 3.27. The van der Waals surface area contributed by atoms with E-state index in [9.17, 15) is 0 Å². The molecule has 122 valence electrons. The van der Waals surface area contributed by atoms with E-state index in [4.69, 9.17) is 21.1 Å². The molecule has 22 heavy (non-hydrogen) atoms. The summed E-state index contributed by atoms with van der Waals surface area (Å²) in [5, 5.41) is 4.52. The number of nitrogens with zero attached hydrogens (tertiary/aromatic N) is 2. The van der Waals surface area contributed by atoms with Crippen LogP contribution in [0, 0.1) is 0 Å². The van der Waals surface area contributed by atoms with Crippen molar-refractivity contribution in [3.63, 3.8) is 0 Å². The lowest BCUT2D eigenvalue weighted by atomic mass is 10.1. The Morgan fingerprint density at radius 3 is 2.55 bits per heavy atom. The zero-order valence-electron chi connectivity index (χ0n) is 12.0. The molecule has 0 bridgehead atoms. The number of ether oxygens (including phenoxy) is 2. The summed E-state index contributed by atoms with van der Waals surface area (Å²) < 4.78 is 11.5. The first-order chi connectivity index (χ1) is 9.78. The zero-order chi connectivity index (χ0) is 13.9. The number of piperidine rings is 1. The second kappa shape index (κ2) is 8.58. The Balaban J connectivity index is 0.00000121. The van der Waals surface area contributed by atoms with Crippen molar-refractivity contribution in [1.29, 1.82) is 0 Å². The van der Waals surface area contributed by atoms with Crippen molar-refractivity contribution in [2.75, 3.05) is 20.2 Å². The highest BCUT2D eigenvalue weighted by Crippen LogP contribution is 2.35. The van der Waals surface area contributed by atoms with Crippen LogP contribution >= 0.6 is 36.4 Å². The molecule has 1 aromatic heterocycles. The van der Waals surface area contributed by atoms with Gasteiger partial charge in [0.05, 0.1) is 12.6 Å². The molecule has 8 heteroatoms. The molecule has 2 heterocycles. The van der Waals surface area contributed by atoms with Gasteiger partial charge in [0.15, 0.2) is 11.5 Å². The van der Waals surface area contributed by atoms with Gasteiger partial charge in [0.2, 0.25) is 0 Å². The fraction of sp³-hybridized carbons (Fsp3) is 0.429. The number of fused-ring (bicyclic) bond motifs is 1. The van der Waals surface area contributed by atoms with Crippen molar-refractivity contribution in [3.8, 4) is 11.5 Å². The monoisotopic (exact) mass is 365 g/mol. The number of nitrogens with one attached hydrogen (secondary N) is 1. The van der Waals surface area contributed by atoms with E-state index in [-0.39, 0.29) is 30.9 Å². The van der Waals surface area contributed by atoms with Gasteiger partial charge in [-0.25, -0.2) is 9.97 Å². The first-order valence-electron chi connectivity index (χ1n) is 6.63. The molecule has 1 aromatic carbocycles. The Labute approximate surface area is 146 Å². The number of rotatable bonds is 3. The summed E-state index contributed by atoms with van der Waals surface area (Å²) in [7, 11) is 1.62. The van der Waals surface area contributed by atoms with Crippen molar-refractivity contribution < 1.29 is 9.47 Å². The highest BCUT2D eigenvalue weighted by atomic mass is 35.5. The Kier molecular flexibility index (Phi) is 7.42. The summed E-state index contributed by atoms with van der Waals surface area (Å²) in [6.45, 7) is 1.95. The fourth-order valence-corrected chi connectivity index (χ4v) is 2.57. The van der Waals surface area contributed by atoms with E-state index in [1.165, 1.54) is 6.33 Å². The Hall–Kier alpha value is -1.01. The van der Waals surface area contributed by atoms with E-state index in [0.29, 0.717) is 16.7 Å². The van der Waals surface area contributed by atoms with Crippen LogP contribution in [0.4, 0.5) is 0 Å². The van der Waals surface area contributed by atoms with Gasteiger partial charge in [-0.3, -0.25) is 0 Å². The third-order valence-corrected chi connectivity index (χ3v) is 3.75. The molecule has 0 aliphatic carbocycles. The first kappa shape index (κ1) is 19.0. The lowest BCUT2D eigenvalue weighted by molar-refractivity contribution is 0.157. The molecule has 0 radical (unpaired) electrons. The molecule has 0 atom stereocenters. The van der Waals surface area contributed by atoms with E-state index >= 15 is 0 Å². The Morgan fingerprint density at radius 1 is 1.14 bits per heavy atom. The van der Waals surface area contributed by atoms with Gasteiger partial charge >= 0.3 is 0 Å². The molecule has 1 saturated heterocycles. The minimum absolute atomic E-state index is 0. The van der Waals surface area contributed by atoms with Crippen LogP contribution in [-0.4, -0.2) is 36.3 Å². The predicted molar refractivity (Wildman–Crippen MR) is 92.1 cm³/mol. The normalized spacial score (nSPS) is 14.8. The Morgan fingerprint density at radius 2 is 1.86 bits per heavy atom. The van der Waals surface area contributed by atoms with Gasteiger partial charge in [-0.1, -0.05) is 11.6 Å². The summed E-state index contributed by atoms with van der Waals surface area (Å²) in [4.78, 5) is 8.20. The second-order valence-corrected chi connectivity index (χ2v) is 5.11. The van der Waals surface area contributed by atoms with E-state index in [1.54, 1.807) is 7.11 Å². The van der Waals surface area contributed by atoms with Crippen LogP contribution in [0.2, 0.25) is 5.15 Å². The molecular weight excluding hydrogens is 349 g/mol. The van der Waals surface area contributed by atoms with Gasteiger partial charge in [0.1, 0.15) is 17.6 Å². The number of hydrogen-bond acceptors (Lipinski definition) is 5. The molecule has 2 aromatic rings. The lowest BCUT2D eigenvalue weighted by Gasteiger charge is -2.24. The molecule has 0 unspecified atom stereocenters. The van der Waals surface area contributed by atoms with Gasteiger partial charge < -0.3 is 14.8 Å². The van der Waals surface area contributed by atoms with Crippen molar-refractivity contribution in [3.05, 3.63) is 23.6 Å². The zero-order valence-corrected chi connectivity index (χ0v) is 14.4. The van der Waals surface area contributed by atoms with E-state index < -0.39 is 0 Å². The number of aromatic nitrogens is 2. The van der Waals surface area contributed by atoms with E-state index in [1.807, 2.05) is 12.1 Å². The van der Waals surface area contributed by atoms with Crippen LogP contribution in [0.5, 0.6) is 11.5 Å². The number of methoxy groups -OCH3 is 1. The van der Waals surface area contributed by atoms with Crippen LogP contribution in [0.3, 0.4) is 0 Å². The van der Waals surface area contributed by atoms with E-state index in [2.05, 4.69) is 15.3 Å². The molecule has 0 saturated carbocycles. The second-order valence-electron chi connectivity index (χ2n) is 4.75. The fourth-order valence-electron chi connectivity index (χ4n) is 2.38. The smallest absolute Gasteiger partial charge is 0.162 e. The van der Waals surface area contributed by atoms with Gasteiger partial charge in [0.25, 0.3) is 0 Å². The van der Waals surface area contributed by atoms with Crippen LogP contribution in [0.1, 0.15) is 12.8 Å². The molecule has 0 spiro atoms. The summed E-state index contributed by atoms with van der Waals surface area (Å²) in [6.07, 6.45) is 3.61. The molecular formula is C14H18Cl3N3O2. The van der Waals surface area contributed by atoms with Crippen molar-refractivity contribution in [2.24, 2.45) is 0 Å². The summed E-state index contributed by atoms with van der Waals surface area (Å²) in [6, 6.07) is 3.69. The minimum atomic E-state index is 0. The third-order valence-electron chi connectivity index (χ3n) is 3.45. The highest BCUT2D eigenvalue weighted by molar-refractivity contribution is 6.34. The highest BCUT2D eigenvalue weighted by Gasteiger charge is 2.18. The van der Waals surface area contributed by atoms with Crippen LogP contribution in [0.25, 0.3) is 10.9 Å². The van der Waals surface area contributed by atoms with Gasteiger partial charge in [-0.2, -0.15) is 0 Å². The van der Waals surface area contributed by atoms with Gasteiger partial charge in [-0.05, 0) is 32.0 Å². The maximum atomic E-state index is 6.11. The third kappa shape index (κ3) is 4.04. The number of halogens is 3. The molecule has 3 rings (SSSR count). The topological polar surface area (TPSA) is 56.3 Å². The molecule has 1 aliphatic heterocycles. The van der Waals surface area contributed by atoms with Crippen molar-refractivity contribution in [1.82, 2.24) is 15.3 Å². The largest absolute Gasteiger partial charge is 0.493 e. The average molecular weight is 367 g/mol. The van der Waals surface area contributed by atoms with E-state index in [0.717, 1.165) is 36.8 Å². The van der Waals surface area contributed by atoms with Crippen molar-refractivity contribution in [2.45, 2.75) is 18.9 Å². The standard InChI is InChI=1S/C14H16ClN3O2.2ClH/c1-19-12-7-11-10(14(15)18-8-17-11)6-13(12)20-9-2-4-16-5-3-9;;/h6-9,16H,2-5H2,1H3;2*1H. The summed E-state index contributed by atoms with van der Waals surface area (Å²) in [5.74, 6) is 1.37. The summed E-state index contributed by atoms with van der Waals surface area (Å²) >= 11 is 6.11. The Bertz CT molecular complexity index is 622. The maximum Gasteiger partial charge on any atom is 0.162 e. The lowest BCUT2D eigenvalue weighted by Crippen LogP contribution is -2.34.